The lowest BCUT2D eigenvalue weighted by Crippen LogP contribution is -2.30. The van der Waals surface area contributed by atoms with Crippen LogP contribution < -0.4 is 15.0 Å². The van der Waals surface area contributed by atoms with Gasteiger partial charge >= 0.3 is 0 Å². The van der Waals surface area contributed by atoms with Crippen molar-refractivity contribution < 1.29 is 14.2 Å². The van der Waals surface area contributed by atoms with Crippen molar-refractivity contribution in [3.8, 4) is 5.75 Å². The molecule has 7 nitrogen and oxygen atoms in total. The summed E-state index contributed by atoms with van der Waals surface area (Å²) in [5.41, 5.74) is 2.89. The molecule has 0 radical (unpaired) electrons. The Morgan fingerprint density at radius 1 is 1.06 bits per heavy atom. The van der Waals surface area contributed by atoms with E-state index in [1.54, 1.807) is 20.4 Å². The Balaban J connectivity index is 1.72. The third-order valence-electron chi connectivity index (χ3n) is 5.54. The van der Waals surface area contributed by atoms with Crippen LogP contribution in [0, 0.1) is 0 Å². The van der Waals surface area contributed by atoms with Crippen molar-refractivity contribution in [2.24, 2.45) is 0 Å². The number of rotatable bonds is 10. The van der Waals surface area contributed by atoms with Crippen LogP contribution in [0.25, 0.3) is 0 Å². The van der Waals surface area contributed by atoms with E-state index in [2.05, 4.69) is 32.0 Å². The highest BCUT2D eigenvalue weighted by Gasteiger charge is 2.42. The second-order valence-corrected chi connectivity index (χ2v) is 8.37. The molecule has 2 atom stereocenters. The Morgan fingerprint density at radius 3 is 2.64 bits per heavy atom. The van der Waals surface area contributed by atoms with Gasteiger partial charge in [-0.3, -0.25) is 4.98 Å². The smallest absolute Gasteiger partial charge is 0.174 e. The first-order chi connectivity index (χ1) is 16.1. The number of nitrogens with zero attached hydrogens (tertiary/aromatic N) is 3. The number of nitrogens with one attached hydrogen (secondary N) is 1. The summed E-state index contributed by atoms with van der Waals surface area (Å²) in [5.74, 6) is 0.608. The Hall–Kier alpha value is -2.65. The predicted octanol–water partition coefficient (Wildman–Crippen LogP) is 4.39. The summed E-state index contributed by atoms with van der Waals surface area (Å²) in [6, 6.07) is 15.5. The van der Waals surface area contributed by atoms with Gasteiger partial charge in [-0.1, -0.05) is 17.7 Å². The molecule has 0 unspecified atom stereocenters. The van der Waals surface area contributed by atoms with Crippen molar-refractivity contribution in [3.05, 3.63) is 77.3 Å². The molecule has 1 aromatic carbocycles. The van der Waals surface area contributed by atoms with Crippen molar-refractivity contribution in [2.45, 2.75) is 18.6 Å². The van der Waals surface area contributed by atoms with Crippen LogP contribution in [0.5, 0.6) is 5.75 Å². The summed E-state index contributed by atoms with van der Waals surface area (Å²) in [6.07, 6.45) is 3.86. The molecule has 4 rings (SSSR count). The monoisotopic (exact) mass is 486 g/mol. The largest absolute Gasteiger partial charge is 0.490 e. The maximum atomic E-state index is 6.57. The Labute approximate surface area is 204 Å². The highest BCUT2D eigenvalue weighted by Crippen LogP contribution is 2.43. The van der Waals surface area contributed by atoms with Gasteiger partial charge in [-0.05, 0) is 54.7 Å². The van der Waals surface area contributed by atoms with Gasteiger partial charge in [-0.15, -0.1) is 0 Å². The van der Waals surface area contributed by atoms with Crippen molar-refractivity contribution in [3.63, 3.8) is 0 Å². The minimum atomic E-state index is -0.133. The number of aromatic nitrogens is 2. The summed E-state index contributed by atoms with van der Waals surface area (Å²) < 4.78 is 18.3. The van der Waals surface area contributed by atoms with Crippen molar-refractivity contribution in [2.75, 3.05) is 38.9 Å². The number of benzene rings is 1. The van der Waals surface area contributed by atoms with Gasteiger partial charge in [0.25, 0.3) is 0 Å². The Kier molecular flexibility index (Phi) is 7.82. The van der Waals surface area contributed by atoms with Crippen LogP contribution >= 0.6 is 23.8 Å². The summed E-state index contributed by atoms with van der Waals surface area (Å²) in [5, 5.41) is 4.60. The fourth-order valence-electron chi connectivity index (χ4n) is 4.01. The summed E-state index contributed by atoms with van der Waals surface area (Å²) in [6.45, 7) is 2.26. The number of methoxy groups -OCH3 is 2. The molecule has 0 spiro atoms. The molecule has 1 saturated heterocycles. The van der Waals surface area contributed by atoms with Gasteiger partial charge in [0.05, 0.1) is 30.0 Å². The molecule has 9 heteroatoms. The molecule has 174 valence electrons. The van der Waals surface area contributed by atoms with Crippen molar-refractivity contribution >= 4 is 34.6 Å². The SMILES string of the molecule is COCCOc1ccc(N2C(=S)N[C@@H](c3ccccn3)[C@@H]2c2cccn2CCOC)cc1Cl. The second kappa shape index (κ2) is 11.0. The van der Waals surface area contributed by atoms with E-state index in [0.29, 0.717) is 35.7 Å². The Morgan fingerprint density at radius 2 is 1.91 bits per heavy atom. The van der Waals surface area contributed by atoms with Crippen molar-refractivity contribution in [1.82, 2.24) is 14.9 Å². The number of hydrogen-bond acceptors (Lipinski definition) is 5. The van der Waals surface area contributed by atoms with Crippen LogP contribution in [0.2, 0.25) is 5.02 Å². The predicted molar refractivity (Wildman–Crippen MR) is 133 cm³/mol. The van der Waals surface area contributed by atoms with E-state index in [1.807, 2.05) is 42.5 Å². The standard InChI is InChI=1S/C24H27ClN4O3S/c1-30-13-12-28-11-5-7-20(28)23-22(19-6-3-4-10-26-19)27-24(33)29(23)17-8-9-21(18(25)16-17)32-15-14-31-2/h3-11,16,22-23H,12-15H2,1-2H3,(H,27,33)/t22-,23-/m0/s1. The van der Waals surface area contributed by atoms with E-state index in [4.69, 9.17) is 38.0 Å². The molecule has 3 aromatic rings. The van der Waals surface area contributed by atoms with Gasteiger partial charge in [0.15, 0.2) is 5.11 Å². The molecular weight excluding hydrogens is 460 g/mol. The molecule has 1 fully saturated rings. The van der Waals surface area contributed by atoms with Crippen molar-refractivity contribution in [1.29, 1.82) is 0 Å². The van der Waals surface area contributed by atoms with E-state index in [0.717, 1.165) is 23.6 Å². The first kappa shape index (κ1) is 23.5. The zero-order valence-corrected chi connectivity index (χ0v) is 20.2. The zero-order chi connectivity index (χ0) is 23.2. The maximum Gasteiger partial charge on any atom is 0.174 e. The van der Waals surface area contributed by atoms with Gasteiger partial charge in [-0.25, -0.2) is 0 Å². The normalized spacial score (nSPS) is 17.9. The lowest BCUT2D eigenvalue weighted by molar-refractivity contribution is 0.146. The van der Waals surface area contributed by atoms with Crippen LogP contribution in [0.3, 0.4) is 0 Å². The average Bonchev–Trinajstić information content (AvgIpc) is 3.43. The van der Waals surface area contributed by atoms with E-state index >= 15 is 0 Å². The molecule has 0 saturated carbocycles. The minimum Gasteiger partial charge on any atom is -0.490 e. The fraction of sp³-hybridized carbons (Fsp3) is 0.333. The van der Waals surface area contributed by atoms with Crippen LogP contribution in [0.1, 0.15) is 23.5 Å². The zero-order valence-electron chi connectivity index (χ0n) is 18.6. The molecular formula is C24H27ClN4O3S. The minimum absolute atomic E-state index is 0.129. The third-order valence-corrected chi connectivity index (χ3v) is 6.15. The molecule has 1 N–H and O–H groups in total. The van der Waals surface area contributed by atoms with Gasteiger partial charge in [0.1, 0.15) is 18.4 Å². The first-order valence-corrected chi connectivity index (χ1v) is 11.5. The van der Waals surface area contributed by atoms with E-state index in [-0.39, 0.29) is 12.1 Å². The Bertz CT molecular complexity index is 1080. The molecule has 1 aliphatic heterocycles. The quantitative estimate of drug-likeness (QED) is 0.337. The van der Waals surface area contributed by atoms with Gasteiger partial charge < -0.3 is 29.0 Å². The number of hydrogen-bond donors (Lipinski definition) is 1. The maximum absolute atomic E-state index is 6.57. The van der Waals surface area contributed by atoms with Crippen LogP contribution in [-0.2, 0) is 16.0 Å². The molecule has 33 heavy (non-hydrogen) atoms. The highest BCUT2D eigenvalue weighted by atomic mass is 35.5. The summed E-state index contributed by atoms with van der Waals surface area (Å²) in [7, 11) is 3.34. The van der Waals surface area contributed by atoms with Crippen LogP contribution in [0.15, 0.2) is 60.9 Å². The number of thiocarbonyl (C=S) groups is 1. The molecule has 0 amide bonds. The van der Waals surface area contributed by atoms with Crippen LogP contribution in [0.4, 0.5) is 5.69 Å². The molecule has 2 aromatic heterocycles. The summed E-state index contributed by atoms with van der Waals surface area (Å²) >= 11 is 12.4. The second-order valence-electron chi connectivity index (χ2n) is 7.57. The lowest BCUT2D eigenvalue weighted by atomic mass is 10.0. The third kappa shape index (κ3) is 5.14. The van der Waals surface area contributed by atoms with E-state index in [9.17, 15) is 0 Å². The number of ether oxygens (including phenoxy) is 3. The van der Waals surface area contributed by atoms with E-state index < -0.39 is 0 Å². The number of halogens is 1. The molecule has 0 bridgehead atoms. The number of pyridine rings is 1. The topological polar surface area (TPSA) is 60.8 Å². The van der Waals surface area contributed by atoms with E-state index in [1.165, 1.54) is 0 Å². The molecule has 1 aliphatic rings. The highest BCUT2D eigenvalue weighted by molar-refractivity contribution is 7.80. The van der Waals surface area contributed by atoms with Crippen LogP contribution in [-0.4, -0.2) is 48.7 Å². The molecule has 3 heterocycles. The number of anilines is 1. The van der Waals surface area contributed by atoms with Gasteiger partial charge in [0, 0.05) is 44.5 Å². The summed E-state index contributed by atoms with van der Waals surface area (Å²) in [4.78, 5) is 6.70. The first-order valence-electron chi connectivity index (χ1n) is 10.7. The lowest BCUT2D eigenvalue weighted by Gasteiger charge is -2.29. The van der Waals surface area contributed by atoms with Gasteiger partial charge in [0.2, 0.25) is 0 Å². The van der Waals surface area contributed by atoms with Gasteiger partial charge in [-0.2, -0.15) is 0 Å². The molecule has 0 aliphatic carbocycles. The fourth-order valence-corrected chi connectivity index (χ4v) is 4.59. The average molecular weight is 487 g/mol.